The number of fused-ring (bicyclic) bond motifs is 2. The number of anilines is 1. The molecule has 220 valence electrons. The van der Waals surface area contributed by atoms with Gasteiger partial charge in [0, 0.05) is 21.4 Å². The largest absolute Gasteiger partial charge is 0.493 e. The van der Waals surface area contributed by atoms with Gasteiger partial charge < -0.3 is 14.6 Å². The predicted octanol–water partition coefficient (Wildman–Crippen LogP) is 7.84. The van der Waals surface area contributed by atoms with Crippen molar-refractivity contribution in [3.63, 3.8) is 0 Å². The van der Waals surface area contributed by atoms with E-state index in [-0.39, 0.29) is 10.6 Å². The lowest BCUT2D eigenvalue weighted by atomic mass is 9.86. The average Bonchev–Trinajstić information content (AvgIpc) is 2.92. The lowest BCUT2D eigenvalue weighted by Crippen LogP contribution is -2.28. The Hall–Kier alpha value is -3.59. The van der Waals surface area contributed by atoms with E-state index in [1.54, 1.807) is 64.1 Å². The summed E-state index contributed by atoms with van der Waals surface area (Å²) in [6.45, 7) is 9.60. The molecular weight excluding hydrogens is 574 g/mol. The van der Waals surface area contributed by atoms with Crippen molar-refractivity contribution in [3.05, 3.63) is 87.9 Å². The Kier molecular flexibility index (Phi) is 8.00. The summed E-state index contributed by atoms with van der Waals surface area (Å²) >= 11 is 6.35. The Balaban J connectivity index is 1.70. The lowest BCUT2D eigenvalue weighted by molar-refractivity contribution is -0.160. The van der Waals surface area contributed by atoms with E-state index < -0.39 is 27.7 Å². The van der Waals surface area contributed by atoms with Crippen LogP contribution in [0.5, 0.6) is 5.75 Å². The fraction of sp³-hybridized carbons (Fsp3) is 0.303. The molecule has 0 aliphatic carbocycles. The van der Waals surface area contributed by atoms with Crippen LogP contribution in [0.3, 0.4) is 0 Å². The molecule has 0 saturated carbocycles. The molecule has 0 bridgehead atoms. The minimum atomic E-state index is -4.10. The van der Waals surface area contributed by atoms with Crippen molar-refractivity contribution >= 4 is 44.1 Å². The molecule has 42 heavy (non-hydrogen) atoms. The SMILES string of the molecule is Cc1cc(NS(=O)(=O)c2cccc3c(Cl)cccc23)c(C)c(C(OC(C)(C)C)C(=O)O)c1-c1ccc2c(c1)CCCO2. The topological polar surface area (TPSA) is 102 Å². The lowest BCUT2D eigenvalue weighted by Gasteiger charge is -2.30. The first-order chi connectivity index (χ1) is 19.8. The first kappa shape index (κ1) is 29.9. The van der Waals surface area contributed by atoms with Crippen LogP contribution in [0.15, 0.2) is 65.6 Å². The van der Waals surface area contributed by atoms with Gasteiger partial charge in [0.05, 0.1) is 22.8 Å². The normalized spacial score (nSPS) is 14.2. The van der Waals surface area contributed by atoms with E-state index >= 15 is 0 Å². The first-order valence-electron chi connectivity index (χ1n) is 13.8. The molecule has 5 rings (SSSR count). The van der Waals surface area contributed by atoms with Crippen LogP contribution in [-0.4, -0.2) is 31.7 Å². The van der Waals surface area contributed by atoms with Gasteiger partial charge in [0.15, 0.2) is 6.10 Å². The van der Waals surface area contributed by atoms with Crippen LogP contribution in [0.4, 0.5) is 5.69 Å². The highest BCUT2D eigenvalue weighted by atomic mass is 35.5. The number of halogens is 1. The molecule has 0 amide bonds. The summed E-state index contributed by atoms with van der Waals surface area (Å²) in [5, 5.41) is 12.0. The molecular formula is C33H34ClNO6S. The molecule has 4 aromatic carbocycles. The minimum absolute atomic E-state index is 0.0700. The van der Waals surface area contributed by atoms with Crippen molar-refractivity contribution in [2.75, 3.05) is 11.3 Å². The van der Waals surface area contributed by atoms with Gasteiger partial charge in [-0.1, -0.05) is 41.9 Å². The van der Waals surface area contributed by atoms with Crippen molar-refractivity contribution in [3.8, 4) is 16.9 Å². The minimum Gasteiger partial charge on any atom is -0.493 e. The predicted molar refractivity (Wildman–Crippen MR) is 166 cm³/mol. The number of carboxylic acid groups (broad SMARTS) is 1. The number of aryl methyl sites for hydroxylation is 2. The molecule has 0 aromatic heterocycles. The van der Waals surface area contributed by atoms with Gasteiger partial charge in [-0.2, -0.15) is 0 Å². The number of sulfonamides is 1. The number of nitrogens with one attached hydrogen (secondary N) is 1. The quantitative estimate of drug-likeness (QED) is 0.222. The molecule has 1 heterocycles. The van der Waals surface area contributed by atoms with Crippen LogP contribution >= 0.6 is 11.6 Å². The van der Waals surface area contributed by atoms with Crippen molar-refractivity contribution in [2.24, 2.45) is 0 Å². The Bertz CT molecular complexity index is 1810. The van der Waals surface area contributed by atoms with E-state index in [1.807, 2.05) is 25.1 Å². The Morgan fingerprint density at radius 3 is 2.48 bits per heavy atom. The van der Waals surface area contributed by atoms with Gasteiger partial charge in [0.25, 0.3) is 10.0 Å². The molecule has 1 unspecified atom stereocenters. The molecule has 0 radical (unpaired) electrons. The van der Waals surface area contributed by atoms with Crippen LogP contribution in [0, 0.1) is 13.8 Å². The monoisotopic (exact) mass is 607 g/mol. The summed E-state index contributed by atoms with van der Waals surface area (Å²) in [7, 11) is -4.10. The summed E-state index contributed by atoms with van der Waals surface area (Å²) in [6.07, 6.45) is 0.392. The van der Waals surface area contributed by atoms with Gasteiger partial charge in [-0.15, -0.1) is 0 Å². The van der Waals surface area contributed by atoms with Crippen LogP contribution < -0.4 is 9.46 Å². The fourth-order valence-corrected chi connectivity index (χ4v) is 7.11. The van der Waals surface area contributed by atoms with Gasteiger partial charge in [0.2, 0.25) is 0 Å². The number of rotatable bonds is 7. The third kappa shape index (κ3) is 5.84. The van der Waals surface area contributed by atoms with E-state index in [0.717, 1.165) is 29.7 Å². The Morgan fingerprint density at radius 1 is 1.05 bits per heavy atom. The zero-order valence-electron chi connectivity index (χ0n) is 24.2. The number of hydrogen-bond acceptors (Lipinski definition) is 5. The maximum atomic E-state index is 13.8. The summed E-state index contributed by atoms with van der Waals surface area (Å²) in [5.41, 5.74) is 3.60. The van der Waals surface area contributed by atoms with Crippen LogP contribution in [-0.2, 0) is 26.0 Å². The molecule has 2 N–H and O–H groups in total. The van der Waals surface area contributed by atoms with Crippen molar-refractivity contribution in [2.45, 2.75) is 64.1 Å². The third-order valence-electron chi connectivity index (χ3n) is 7.35. The molecule has 0 fully saturated rings. The van der Waals surface area contributed by atoms with Crippen molar-refractivity contribution in [1.29, 1.82) is 0 Å². The second-order valence-corrected chi connectivity index (χ2v) is 13.6. The summed E-state index contributed by atoms with van der Waals surface area (Å²) in [6, 6.07) is 17.7. The van der Waals surface area contributed by atoms with Gasteiger partial charge >= 0.3 is 5.97 Å². The molecule has 9 heteroatoms. The van der Waals surface area contributed by atoms with Crippen LogP contribution in [0.2, 0.25) is 5.02 Å². The van der Waals surface area contributed by atoms with Crippen LogP contribution in [0.25, 0.3) is 21.9 Å². The fourth-order valence-electron chi connectivity index (χ4n) is 5.54. The van der Waals surface area contributed by atoms with E-state index in [9.17, 15) is 18.3 Å². The zero-order chi connectivity index (χ0) is 30.4. The standard InChI is InChI=1S/C33H34ClNO6S/c1-19-17-26(35-42(38,39)28-13-7-10-23-24(28)11-6-12-25(23)34)20(2)30(31(32(36)37)41-33(3,4)5)29(19)22-14-15-27-21(18-22)9-8-16-40-27/h6-7,10-15,17-18,31,35H,8-9,16H2,1-5H3,(H,36,37). The Morgan fingerprint density at radius 2 is 1.76 bits per heavy atom. The van der Waals surface area contributed by atoms with E-state index in [1.165, 1.54) is 6.07 Å². The zero-order valence-corrected chi connectivity index (χ0v) is 25.8. The van der Waals surface area contributed by atoms with Gasteiger partial charge in [-0.3, -0.25) is 4.72 Å². The molecule has 7 nitrogen and oxygen atoms in total. The second-order valence-electron chi connectivity index (χ2n) is 11.6. The van der Waals surface area contributed by atoms with Crippen LogP contribution in [0.1, 0.15) is 55.5 Å². The maximum Gasteiger partial charge on any atom is 0.337 e. The highest BCUT2D eigenvalue weighted by Gasteiger charge is 2.33. The first-order valence-corrected chi connectivity index (χ1v) is 15.6. The molecule has 1 aliphatic heterocycles. The molecule has 1 aliphatic rings. The van der Waals surface area contributed by atoms with E-state index in [4.69, 9.17) is 21.1 Å². The number of aliphatic carboxylic acids is 1. The summed E-state index contributed by atoms with van der Waals surface area (Å²) < 4.78 is 42.3. The number of benzene rings is 4. The second kappa shape index (κ2) is 11.2. The highest BCUT2D eigenvalue weighted by molar-refractivity contribution is 7.93. The number of ether oxygens (including phenoxy) is 2. The average molecular weight is 608 g/mol. The molecule has 0 spiro atoms. The van der Waals surface area contributed by atoms with Crippen molar-refractivity contribution < 1.29 is 27.8 Å². The summed E-state index contributed by atoms with van der Waals surface area (Å²) in [4.78, 5) is 12.8. The summed E-state index contributed by atoms with van der Waals surface area (Å²) in [5.74, 6) is -0.347. The van der Waals surface area contributed by atoms with Gasteiger partial charge in [0.1, 0.15) is 5.75 Å². The highest BCUT2D eigenvalue weighted by Crippen LogP contribution is 2.43. The number of carboxylic acids is 1. The van der Waals surface area contributed by atoms with Crippen molar-refractivity contribution in [1.82, 2.24) is 0 Å². The van der Waals surface area contributed by atoms with E-state index in [0.29, 0.717) is 44.7 Å². The molecule has 1 atom stereocenters. The maximum absolute atomic E-state index is 13.8. The number of carbonyl (C=O) groups is 1. The Labute approximate surface area is 251 Å². The van der Waals surface area contributed by atoms with Gasteiger partial charge in [-0.25, -0.2) is 13.2 Å². The van der Waals surface area contributed by atoms with Gasteiger partial charge in [-0.05, 0) is 106 Å². The molecule has 0 saturated heterocycles. The molecule has 4 aromatic rings. The number of hydrogen-bond donors (Lipinski definition) is 2. The van der Waals surface area contributed by atoms with E-state index in [2.05, 4.69) is 4.72 Å². The third-order valence-corrected chi connectivity index (χ3v) is 9.10. The smallest absolute Gasteiger partial charge is 0.337 e.